The molecule has 1 heterocycles. The van der Waals surface area contributed by atoms with E-state index in [1.165, 1.54) is 18.5 Å². The number of rotatable bonds is 4. The molecule has 0 unspecified atom stereocenters. The first-order valence-electron chi connectivity index (χ1n) is 9.65. The van der Waals surface area contributed by atoms with Crippen molar-refractivity contribution in [2.45, 2.75) is 27.7 Å². The lowest BCUT2D eigenvalue weighted by atomic mass is 10.1. The Kier molecular flexibility index (Phi) is 6.32. The maximum atomic E-state index is 12.7. The molecular formula is C25H19N3O4. The molecule has 0 saturated carbocycles. The maximum Gasteiger partial charge on any atom is 0.345 e. The molecule has 0 aliphatic rings. The molecule has 7 nitrogen and oxygen atoms in total. The lowest BCUT2D eigenvalue weighted by molar-refractivity contribution is 0.0733. The van der Waals surface area contributed by atoms with E-state index in [9.17, 15) is 20.1 Å². The smallest absolute Gasteiger partial charge is 0.345 e. The highest BCUT2D eigenvalue weighted by Gasteiger charge is 2.19. The number of hydrogen-bond donors (Lipinski definition) is 0. The minimum atomic E-state index is -0.766. The second-order valence-electron chi connectivity index (χ2n) is 7.37. The standard InChI is InChI=1S/C25H19N3O4/c1-14-5-16(3)20(10-26)22(7-14)31-24(29)18-9-19(13-28-12-18)25(30)32-23-8-15(2)6-17(4)21(23)11-27/h5-9,12-13H,1-4H3. The summed E-state index contributed by atoms with van der Waals surface area (Å²) in [6.07, 6.45) is 2.51. The largest absolute Gasteiger partial charge is 0.421 e. The SMILES string of the molecule is Cc1cc(C)c(C#N)c(OC(=O)c2cncc(C(=O)Oc3cc(C)cc(C)c3C#N)c2)c1. The summed E-state index contributed by atoms with van der Waals surface area (Å²) in [5.41, 5.74) is 3.59. The van der Waals surface area contributed by atoms with Gasteiger partial charge in [0.1, 0.15) is 23.6 Å². The van der Waals surface area contributed by atoms with Crippen LogP contribution in [0.15, 0.2) is 42.7 Å². The number of nitrogens with zero attached hydrogens (tertiary/aromatic N) is 3. The number of esters is 2. The Morgan fingerprint density at radius 2 is 1.12 bits per heavy atom. The van der Waals surface area contributed by atoms with Gasteiger partial charge in [-0.15, -0.1) is 0 Å². The number of ether oxygens (including phenoxy) is 2. The lowest BCUT2D eigenvalue weighted by Crippen LogP contribution is -2.14. The van der Waals surface area contributed by atoms with Crippen molar-refractivity contribution in [3.8, 4) is 23.6 Å². The molecule has 7 heteroatoms. The van der Waals surface area contributed by atoms with Gasteiger partial charge in [0.15, 0.2) is 0 Å². The van der Waals surface area contributed by atoms with Crippen molar-refractivity contribution < 1.29 is 19.1 Å². The van der Waals surface area contributed by atoms with Crippen molar-refractivity contribution in [1.29, 1.82) is 10.5 Å². The first kappa shape index (κ1) is 22.2. The molecule has 1 aromatic heterocycles. The van der Waals surface area contributed by atoms with Crippen LogP contribution in [0.3, 0.4) is 0 Å². The van der Waals surface area contributed by atoms with Gasteiger partial charge in [0, 0.05) is 12.4 Å². The van der Waals surface area contributed by atoms with Gasteiger partial charge in [-0.2, -0.15) is 10.5 Å². The Bertz CT molecular complexity index is 1230. The predicted octanol–water partition coefficient (Wildman–Crippen LogP) is 4.50. The minimum absolute atomic E-state index is 0.0171. The van der Waals surface area contributed by atoms with Crippen molar-refractivity contribution in [2.75, 3.05) is 0 Å². The Morgan fingerprint density at radius 3 is 1.50 bits per heavy atom. The first-order valence-corrected chi connectivity index (χ1v) is 9.65. The summed E-state index contributed by atoms with van der Waals surface area (Å²) in [6, 6.07) is 12.2. The molecule has 0 fully saturated rings. The minimum Gasteiger partial charge on any atom is -0.421 e. The topological polar surface area (TPSA) is 113 Å². The molecule has 0 amide bonds. The van der Waals surface area contributed by atoms with Crippen LogP contribution in [0.1, 0.15) is 54.1 Å². The molecule has 2 aromatic carbocycles. The van der Waals surface area contributed by atoms with Gasteiger partial charge >= 0.3 is 11.9 Å². The fourth-order valence-electron chi connectivity index (χ4n) is 3.29. The average Bonchev–Trinajstić information content (AvgIpc) is 2.73. The van der Waals surface area contributed by atoms with Gasteiger partial charge in [0.25, 0.3) is 0 Å². The van der Waals surface area contributed by atoms with E-state index >= 15 is 0 Å². The second kappa shape index (κ2) is 9.11. The van der Waals surface area contributed by atoms with Gasteiger partial charge < -0.3 is 9.47 Å². The molecule has 0 saturated heterocycles. The van der Waals surface area contributed by atoms with Crippen molar-refractivity contribution in [2.24, 2.45) is 0 Å². The first-order chi connectivity index (χ1) is 15.2. The molecular weight excluding hydrogens is 406 g/mol. The Hall–Kier alpha value is -4.49. The molecule has 0 radical (unpaired) electrons. The van der Waals surface area contributed by atoms with Gasteiger partial charge in [-0.25, -0.2) is 9.59 Å². The highest BCUT2D eigenvalue weighted by Crippen LogP contribution is 2.26. The van der Waals surface area contributed by atoms with Crippen molar-refractivity contribution >= 4 is 11.9 Å². The van der Waals surface area contributed by atoms with Crippen LogP contribution in [0.2, 0.25) is 0 Å². The molecule has 0 bridgehead atoms. The quantitative estimate of drug-likeness (QED) is 0.447. The number of pyridine rings is 1. The Balaban J connectivity index is 1.87. The maximum absolute atomic E-state index is 12.7. The number of aryl methyl sites for hydroxylation is 4. The zero-order valence-electron chi connectivity index (χ0n) is 18.0. The van der Waals surface area contributed by atoms with E-state index in [0.29, 0.717) is 11.1 Å². The molecule has 0 aliphatic heterocycles. The molecule has 0 aliphatic carbocycles. The van der Waals surface area contributed by atoms with E-state index in [1.807, 2.05) is 38.1 Å². The van der Waals surface area contributed by atoms with Crippen molar-refractivity contribution in [1.82, 2.24) is 4.98 Å². The summed E-state index contributed by atoms with van der Waals surface area (Å²) in [7, 11) is 0. The third-order valence-corrected chi connectivity index (χ3v) is 4.73. The van der Waals surface area contributed by atoms with Crippen LogP contribution in [0.5, 0.6) is 11.5 Å². The number of aromatic nitrogens is 1. The lowest BCUT2D eigenvalue weighted by Gasteiger charge is -2.11. The molecule has 32 heavy (non-hydrogen) atoms. The van der Waals surface area contributed by atoms with E-state index in [-0.39, 0.29) is 33.8 Å². The predicted molar refractivity (Wildman–Crippen MR) is 115 cm³/mol. The zero-order valence-corrected chi connectivity index (χ0v) is 18.0. The normalized spacial score (nSPS) is 10.1. The Morgan fingerprint density at radius 1 is 0.719 bits per heavy atom. The van der Waals surface area contributed by atoms with Crippen molar-refractivity contribution in [3.63, 3.8) is 0 Å². The van der Waals surface area contributed by atoms with Gasteiger partial charge in [0.05, 0.1) is 22.3 Å². The highest BCUT2D eigenvalue weighted by molar-refractivity contribution is 5.96. The van der Waals surface area contributed by atoms with Gasteiger partial charge in [-0.3, -0.25) is 4.98 Å². The molecule has 0 N–H and O–H groups in total. The molecule has 3 aromatic rings. The van der Waals surface area contributed by atoms with E-state index in [1.54, 1.807) is 26.0 Å². The van der Waals surface area contributed by atoms with Gasteiger partial charge in [0.2, 0.25) is 0 Å². The van der Waals surface area contributed by atoms with E-state index in [2.05, 4.69) is 4.98 Å². The summed E-state index contributed by atoms with van der Waals surface area (Å²) in [5.74, 6) is -1.26. The summed E-state index contributed by atoms with van der Waals surface area (Å²) < 4.78 is 10.8. The van der Waals surface area contributed by atoms with E-state index < -0.39 is 11.9 Å². The summed E-state index contributed by atoms with van der Waals surface area (Å²) in [4.78, 5) is 29.3. The van der Waals surface area contributed by atoms with Crippen LogP contribution >= 0.6 is 0 Å². The number of carbonyl (C=O) groups is 2. The number of hydrogen-bond acceptors (Lipinski definition) is 7. The van der Waals surface area contributed by atoms with Crippen LogP contribution < -0.4 is 9.47 Å². The van der Waals surface area contributed by atoms with E-state index in [0.717, 1.165) is 11.1 Å². The van der Waals surface area contributed by atoms with Crippen LogP contribution in [0.25, 0.3) is 0 Å². The highest BCUT2D eigenvalue weighted by atomic mass is 16.5. The van der Waals surface area contributed by atoms with Gasteiger partial charge in [-0.1, -0.05) is 12.1 Å². The van der Waals surface area contributed by atoms with Crippen molar-refractivity contribution in [3.05, 3.63) is 87.2 Å². The summed E-state index contributed by atoms with van der Waals surface area (Å²) in [5, 5.41) is 18.7. The van der Waals surface area contributed by atoms with Crippen LogP contribution in [0, 0.1) is 50.4 Å². The summed E-state index contributed by atoms with van der Waals surface area (Å²) >= 11 is 0. The van der Waals surface area contributed by atoms with Crippen LogP contribution in [0.4, 0.5) is 0 Å². The average molecular weight is 425 g/mol. The third kappa shape index (κ3) is 4.63. The number of carbonyl (C=O) groups excluding carboxylic acids is 2. The number of benzene rings is 2. The monoisotopic (exact) mass is 425 g/mol. The van der Waals surface area contributed by atoms with Crippen LogP contribution in [-0.2, 0) is 0 Å². The second-order valence-corrected chi connectivity index (χ2v) is 7.37. The molecule has 0 atom stereocenters. The van der Waals surface area contributed by atoms with E-state index in [4.69, 9.17) is 9.47 Å². The molecule has 3 rings (SSSR count). The summed E-state index contributed by atoms with van der Waals surface area (Å²) in [6.45, 7) is 7.16. The molecule has 0 spiro atoms. The van der Waals surface area contributed by atoms with Gasteiger partial charge in [-0.05, 0) is 68.1 Å². The fraction of sp³-hybridized carbons (Fsp3) is 0.160. The fourth-order valence-corrected chi connectivity index (χ4v) is 3.29. The Labute approximate surface area is 185 Å². The number of nitriles is 2. The van der Waals surface area contributed by atoms with Crippen LogP contribution in [-0.4, -0.2) is 16.9 Å². The third-order valence-electron chi connectivity index (χ3n) is 4.73. The zero-order chi connectivity index (χ0) is 23.4. The molecule has 158 valence electrons.